The van der Waals surface area contributed by atoms with Crippen LogP contribution in [0.3, 0.4) is 0 Å². The number of nitrogens with one attached hydrogen (secondary N) is 1. The zero-order valence-electron chi connectivity index (χ0n) is 24.1. The van der Waals surface area contributed by atoms with Crippen LogP contribution < -0.4 is 10.1 Å². The molecule has 3 atom stereocenters. The van der Waals surface area contributed by atoms with Crippen LogP contribution in [0, 0.1) is 0 Å². The van der Waals surface area contributed by atoms with E-state index in [0.717, 1.165) is 35.3 Å². The minimum atomic E-state index is -0.534. The number of piperazine rings is 1. The molecule has 3 heterocycles. The molecule has 0 saturated carbocycles. The number of rotatable bonds is 6. The number of urea groups is 1. The summed E-state index contributed by atoms with van der Waals surface area (Å²) in [6.45, 7) is 12.8. The van der Waals surface area contributed by atoms with Crippen LogP contribution in [0.25, 0.3) is 0 Å². The Balaban J connectivity index is 1.43. The molecule has 224 valence electrons. The quantitative estimate of drug-likeness (QED) is 0.344. The number of carbonyl (C=O) groups is 2. The number of amides is 3. The zero-order chi connectivity index (χ0) is 29.9. The molecule has 3 amide bonds. The molecule has 41 heavy (non-hydrogen) atoms. The van der Waals surface area contributed by atoms with Crippen molar-refractivity contribution in [2.45, 2.75) is 71.2 Å². The van der Waals surface area contributed by atoms with Gasteiger partial charge in [0.2, 0.25) is 0 Å². The molecule has 0 radical (unpaired) electrons. The van der Waals surface area contributed by atoms with Gasteiger partial charge in [0.05, 0.1) is 6.04 Å². The van der Waals surface area contributed by atoms with Gasteiger partial charge in [0.1, 0.15) is 28.3 Å². The second-order valence-electron chi connectivity index (χ2n) is 11.7. The van der Waals surface area contributed by atoms with Gasteiger partial charge >= 0.3 is 12.1 Å². The van der Waals surface area contributed by atoms with E-state index < -0.39 is 5.60 Å². The van der Waals surface area contributed by atoms with Crippen molar-refractivity contribution in [1.29, 1.82) is 0 Å². The summed E-state index contributed by atoms with van der Waals surface area (Å²) in [5, 5.41) is 3.34. The monoisotopic (exact) mass is 669 g/mol. The second-order valence-corrected chi connectivity index (χ2v) is 13.4. The van der Waals surface area contributed by atoms with Crippen LogP contribution in [-0.2, 0) is 11.2 Å². The summed E-state index contributed by atoms with van der Waals surface area (Å²) in [6, 6.07) is 8.82. The fourth-order valence-corrected chi connectivity index (χ4v) is 6.13. The highest BCUT2D eigenvalue weighted by atomic mass is 79.9. The number of aromatic nitrogens is 1. The number of halogens is 3. The van der Waals surface area contributed by atoms with Crippen molar-refractivity contribution >= 4 is 56.9 Å². The summed E-state index contributed by atoms with van der Waals surface area (Å²) < 4.78 is 12.6. The molecule has 4 rings (SSSR count). The van der Waals surface area contributed by atoms with Crippen LogP contribution in [0.15, 0.2) is 34.8 Å². The molecule has 12 heteroatoms. The fraction of sp³-hybridized carbons (Fsp3) is 0.552. The lowest BCUT2D eigenvalue weighted by Crippen LogP contribution is -2.59. The fourth-order valence-electron chi connectivity index (χ4n) is 5.26. The Hall–Kier alpha value is -2.27. The number of carbonyl (C=O) groups excluding carboxylic acids is 2. The number of hydrogen-bond acceptors (Lipinski definition) is 6. The van der Waals surface area contributed by atoms with Gasteiger partial charge in [-0.25, -0.2) is 14.6 Å². The van der Waals surface area contributed by atoms with E-state index >= 15 is 0 Å². The summed E-state index contributed by atoms with van der Waals surface area (Å²) in [5.41, 5.74) is 0.989. The lowest BCUT2D eigenvalue weighted by atomic mass is 10.0. The Labute approximate surface area is 260 Å². The topological polar surface area (TPSA) is 87.2 Å². The van der Waals surface area contributed by atoms with E-state index in [0.29, 0.717) is 31.8 Å². The van der Waals surface area contributed by atoms with Gasteiger partial charge in [0.25, 0.3) is 0 Å². The normalized spacial score (nSPS) is 21.1. The maximum absolute atomic E-state index is 13.6. The molecule has 1 fully saturated rings. The number of hydrogen-bond donors (Lipinski definition) is 1. The van der Waals surface area contributed by atoms with Crippen LogP contribution in [-0.4, -0.2) is 88.3 Å². The number of anilines is 1. The first-order valence-corrected chi connectivity index (χ1v) is 15.4. The summed E-state index contributed by atoms with van der Waals surface area (Å²) in [6.07, 6.45) is 1.14. The van der Waals surface area contributed by atoms with Gasteiger partial charge in [-0.3, -0.25) is 4.90 Å². The predicted octanol–water partition coefficient (Wildman–Crippen LogP) is 6.71. The number of ether oxygens (including phenoxy) is 2. The van der Waals surface area contributed by atoms with Crippen LogP contribution in [0.5, 0.6) is 5.75 Å². The van der Waals surface area contributed by atoms with Crippen molar-refractivity contribution < 1.29 is 19.1 Å². The molecule has 2 aromatic rings. The minimum Gasteiger partial charge on any atom is -0.491 e. The smallest absolute Gasteiger partial charge is 0.410 e. The van der Waals surface area contributed by atoms with Crippen molar-refractivity contribution in [2.75, 3.05) is 38.1 Å². The summed E-state index contributed by atoms with van der Waals surface area (Å²) in [5.74, 6) is 0.836. The molecule has 0 aliphatic carbocycles. The van der Waals surface area contributed by atoms with Gasteiger partial charge < -0.3 is 24.6 Å². The zero-order valence-corrected chi connectivity index (χ0v) is 27.2. The molecule has 9 nitrogen and oxygen atoms in total. The van der Waals surface area contributed by atoms with Gasteiger partial charge in [0, 0.05) is 48.4 Å². The van der Waals surface area contributed by atoms with Gasteiger partial charge in [-0.05, 0) is 83.4 Å². The van der Waals surface area contributed by atoms with E-state index in [1.54, 1.807) is 12.1 Å². The Bertz CT molecular complexity index is 1240. The van der Waals surface area contributed by atoms with Gasteiger partial charge in [-0.1, -0.05) is 39.1 Å². The van der Waals surface area contributed by atoms with E-state index in [4.69, 9.17) is 32.7 Å². The molecule has 1 saturated heterocycles. The lowest BCUT2D eigenvalue weighted by molar-refractivity contribution is -0.0107. The Morgan fingerprint density at radius 1 is 1.15 bits per heavy atom. The summed E-state index contributed by atoms with van der Waals surface area (Å²) in [4.78, 5) is 36.3. The Kier molecular flexibility index (Phi) is 10.3. The molecule has 1 aromatic carbocycles. The van der Waals surface area contributed by atoms with E-state index in [1.165, 1.54) is 0 Å². The number of pyridine rings is 1. The summed E-state index contributed by atoms with van der Waals surface area (Å²) in [7, 11) is 0. The van der Waals surface area contributed by atoms with Crippen molar-refractivity contribution in [3.8, 4) is 5.75 Å². The highest BCUT2D eigenvalue weighted by Crippen LogP contribution is 2.30. The van der Waals surface area contributed by atoms with E-state index in [9.17, 15) is 9.59 Å². The van der Waals surface area contributed by atoms with Crippen LogP contribution in [0.1, 0.15) is 46.6 Å². The van der Waals surface area contributed by atoms with E-state index in [-0.39, 0.29) is 40.6 Å². The molecule has 0 spiro atoms. The SMILES string of the molecule is C[C@@H]1CN(CCCN(C(=O)Nc2cc(Cl)nc(Cl)c2)C2COc3ccc(Br)cc3C2)[C@@H](C)CN1C(=O)OC(C)(C)C. The largest absolute Gasteiger partial charge is 0.491 e. The molecule has 1 unspecified atom stereocenters. The predicted molar refractivity (Wildman–Crippen MR) is 165 cm³/mol. The molecular formula is C29H38BrCl2N5O4. The first-order chi connectivity index (χ1) is 19.3. The van der Waals surface area contributed by atoms with Crippen molar-refractivity contribution in [3.05, 3.63) is 50.7 Å². The van der Waals surface area contributed by atoms with Gasteiger partial charge in [-0.2, -0.15) is 0 Å². The minimum absolute atomic E-state index is 0.0170. The highest BCUT2D eigenvalue weighted by Gasteiger charge is 2.35. The van der Waals surface area contributed by atoms with Crippen LogP contribution >= 0.6 is 39.1 Å². The number of nitrogens with zero attached hydrogens (tertiary/aromatic N) is 4. The third-order valence-corrected chi connectivity index (χ3v) is 8.09. The molecule has 0 bridgehead atoms. The van der Waals surface area contributed by atoms with Gasteiger partial charge in [-0.15, -0.1) is 0 Å². The highest BCUT2D eigenvalue weighted by molar-refractivity contribution is 9.10. The van der Waals surface area contributed by atoms with E-state index in [2.05, 4.69) is 38.1 Å². The van der Waals surface area contributed by atoms with Crippen molar-refractivity contribution in [1.82, 2.24) is 19.7 Å². The second kappa shape index (κ2) is 13.4. The lowest BCUT2D eigenvalue weighted by Gasteiger charge is -2.44. The molecule has 2 aliphatic heterocycles. The molecule has 1 aromatic heterocycles. The maximum atomic E-state index is 13.6. The van der Waals surface area contributed by atoms with Crippen molar-refractivity contribution in [2.24, 2.45) is 0 Å². The summed E-state index contributed by atoms with van der Waals surface area (Å²) >= 11 is 15.7. The Morgan fingerprint density at radius 2 is 1.85 bits per heavy atom. The number of fused-ring (bicyclic) bond motifs is 1. The van der Waals surface area contributed by atoms with E-state index in [1.807, 2.05) is 55.7 Å². The average Bonchev–Trinajstić information content (AvgIpc) is 2.86. The third-order valence-electron chi connectivity index (χ3n) is 7.21. The first-order valence-electron chi connectivity index (χ1n) is 13.8. The van der Waals surface area contributed by atoms with Crippen LogP contribution in [0.2, 0.25) is 10.3 Å². The van der Waals surface area contributed by atoms with Crippen molar-refractivity contribution in [3.63, 3.8) is 0 Å². The average molecular weight is 671 g/mol. The standard InChI is InChI=1S/C29H38BrCl2N5O4/c1-18-16-37(28(39)41-29(3,4)5)19(2)15-35(18)9-6-10-36(27(38)33-22-13-25(31)34-26(32)14-22)23-12-20-11-21(30)7-8-24(20)40-17-23/h7-8,11,13-14,18-19,23H,6,9-10,12,15-17H2,1-5H3,(H,33,34,38)/t18-,19+,23?/m0/s1. The molecular weight excluding hydrogens is 633 g/mol. The Morgan fingerprint density at radius 3 is 2.54 bits per heavy atom. The number of benzene rings is 1. The van der Waals surface area contributed by atoms with Crippen LogP contribution in [0.4, 0.5) is 15.3 Å². The third kappa shape index (κ3) is 8.63. The molecule has 1 N–H and O–H groups in total. The molecule has 2 aliphatic rings. The van der Waals surface area contributed by atoms with Gasteiger partial charge in [0.15, 0.2) is 0 Å². The maximum Gasteiger partial charge on any atom is 0.410 e. The first kappa shape index (κ1) is 31.7.